The maximum absolute atomic E-state index is 12.1. The number of anilines is 1. The summed E-state index contributed by atoms with van der Waals surface area (Å²) >= 11 is 0. The summed E-state index contributed by atoms with van der Waals surface area (Å²) < 4.78 is 6.92. The first-order chi connectivity index (χ1) is 13.9. The van der Waals surface area contributed by atoms with Crippen molar-refractivity contribution in [3.05, 3.63) is 59.2 Å². The number of aryl methyl sites for hydroxylation is 3. The van der Waals surface area contributed by atoms with Gasteiger partial charge in [-0.2, -0.15) is 5.10 Å². The summed E-state index contributed by atoms with van der Waals surface area (Å²) in [4.78, 5) is 21.0. The fourth-order valence-corrected chi connectivity index (χ4v) is 3.00. The van der Waals surface area contributed by atoms with Gasteiger partial charge in [-0.3, -0.25) is 4.79 Å². The lowest BCUT2D eigenvalue weighted by Gasteiger charge is -2.10. The van der Waals surface area contributed by atoms with Crippen molar-refractivity contribution in [3.63, 3.8) is 0 Å². The molecule has 0 atom stereocenters. The normalized spacial score (nSPS) is 10.6. The van der Waals surface area contributed by atoms with Crippen molar-refractivity contribution in [2.24, 2.45) is 0 Å². The maximum atomic E-state index is 12.1. The number of hydrogen-bond donors (Lipinski definition) is 2. The highest BCUT2D eigenvalue weighted by Gasteiger charge is 2.08. The Morgan fingerprint density at radius 3 is 2.48 bits per heavy atom. The maximum Gasteiger partial charge on any atom is 0.224 e. The number of amides is 1. The van der Waals surface area contributed by atoms with Crippen molar-refractivity contribution in [2.75, 3.05) is 25.5 Å². The fraction of sp³-hybridized carbons (Fsp3) is 0.333. The lowest BCUT2D eigenvalue weighted by Crippen LogP contribution is -2.30. The van der Waals surface area contributed by atoms with Gasteiger partial charge in [0, 0.05) is 24.8 Å². The van der Waals surface area contributed by atoms with Crippen LogP contribution in [0.5, 0.6) is 5.75 Å². The number of nitrogens with one attached hydrogen (secondary N) is 2. The van der Waals surface area contributed by atoms with Crippen LogP contribution in [0.15, 0.2) is 36.4 Å². The Morgan fingerprint density at radius 1 is 1.07 bits per heavy atom. The summed E-state index contributed by atoms with van der Waals surface area (Å²) in [7, 11) is 1.62. The van der Waals surface area contributed by atoms with Crippen molar-refractivity contribution in [1.29, 1.82) is 0 Å². The molecule has 1 amide bonds. The summed E-state index contributed by atoms with van der Waals surface area (Å²) in [6, 6.07) is 11.3. The Morgan fingerprint density at radius 2 is 1.83 bits per heavy atom. The van der Waals surface area contributed by atoms with Crippen LogP contribution < -0.4 is 15.4 Å². The van der Waals surface area contributed by atoms with E-state index in [1.54, 1.807) is 11.8 Å². The third-order valence-electron chi connectivity index (χ3n) is 4.33. The van der Waals surface area contributed by atoms with Gasteiger partial charge in [0.15, 0.2) is 5.82 Å². The minimum atomic E-state index is -0.0286. The van der Waals surface area contributed by atoms with Gasteiger partial charge in [0.1, 0.15) is 17.4 Å². The van der Waals surface area contributed by atoms with E-state index in [1.165, 1.54) is 0 Å². The van der Waals surface area contributed by atoms with E-state index >= 15 is 0 Å². The molecule has 2 aromatic heterocycles. The molecular formula is C21H26N6O2. The molecule has 0 radical (unpaired) electrons. The number of aromatic nitrogens is 4. The van der Waals surface area contributed by atoms with E-state index < -0.39 is 0 Å². The van der Waals surface area contributed by atoms with Crippen LogP contribution >= 0.6 is 0 Å². The lowest BCUT2D eigenvalue weighted by molar-refractivity contribution is -0.120. The Kier molecular flexibility index (Phi) is 6.43. The molecule has 1 aromatic carbocycles. The summed E-state index contributed by atoms with van der Waals surface area (Å²) in [5.74, 6) is 2.82. The molecule has 152 valence electrons. The van der Waals surface area contributed by atoms with Crippen molar-refractivity contribution < 1.29 is 9.53 Å². The van der Waals surface area contributed by atoms with Gasteiger partial charge in [-0.05, 0) is 44.5 Å². The highest BCUT2D eigenvalue weighted by atomic mass is 16.5. The zero-order valence-electron chi connectivity index (χ0n) is 17.2. The minimum absolute atomic E-state index is 0.0286. The molecule has 0 bridgehead atoms. The summed E-state index contributed by atoms with van der Waals surface area (Å²) in [5, 5.41) is 10.6. The van der Waals surface area contributed by atoms with Gasteiger partial charge in [-0.25, -0.2) is 14.6 Å². The molecule has 0 aliphatic heterocycles. The van der Waals surface area contributed by atoms with E-state index in [9.17, 15) is 4.79 Å². The molecular weight excluding hydrogens is 368 g/mol. The quantitative estimate of drug-likeness (QED) is 0.570. The number of nitrogens with zero attached hydrogens (tertiary/aromatic N) is 4. The number of hydrogen-bond acceptors (Lipinski definition) is 6. The molecule has 3 aromatic rings. The fourth-order valence-electron chi connectivity index (χ4n) is 3.00. The second kappa shape index (κ2) is 9.18. The molecule has 0 unspecified atom stereocenters. The standard InChI is InChI=1S/C21H26N6O2/c1-14-11-15(2)27(26-14)20-13-19(24-16(3)25-20)22-9-10-23-21(28)12-17-5-7-18(29-4)8-6-17/h5-8,11,13H,9-10,12H2,1-4H3,(H,23,28)(H,22,24,25). The third kappa shape index (κ3) is 5.54. The Labute approximate surface area is 170 Å². The Balaban J connectivity index is 1.51. The van der Waals surface area contributed by atoms with Crippen molar-refractivity contribution >= 4 is 11.7 Å². The lowest BCUT2D eigenvalue weighted by atomic mass is 10.1. The highest BCUT2D eigenvalue weighted by molar-refractivity contribution is 5.78. The second-order valence-corrected chi connectivity index (χ2v) is 6.80. The molecule has 0 fully saturated rings. The molecule has 0 saturated carbocycles. The molecule has 3 rings (SSSR count). The number of ether oxygens (including phenoxy) is 1. The molecule has 0 aliphatic rings. The molecule has 29 heavy (non-hydrogen) atoms. The number of benzene rings is 1. The van der Waals surface area contributed by atoms with Crippen molar-refractivity contribution in [2.45, 2.75) is 27.2 Å². The Bertz CT molecular complexity index is 981. The molecule has 2 heterocycles. The summed E-state index contributed by atoms with van der Waals surface area (Å²) in [6.07, 6.45) is 0.332. The molecule has 0 spiro atoms. The molecule has 8 heteroatoms. The predicted octanol–water partition coefficient (Wildman–Crippen LogP) is 2.37. The Hall–Kier alpha value is -3.42. The van der Waals surface area contributed by atoms with E-state index in [4.69, 9.17) is 4.74 Å². The second-order valence-electron chi connectivity index (χ2n) is 6.80. The van der Waals surface area contributed by atoms with Gasteiger partial charge >= 0.3 is 0 Å². The summed E-state index contributed by atoms with van der Waals surface area (Å²) in [6.45, 7) is 6.83. The third-order valence-corrected chi connectivity index (χ3v) is 4.33. The number of carbonyl (C=O) groups excluding carboxylic acids is 1. The monoisotopic (exact) mass is 394 g/mol. The van der Waals surface area contributed by atoms with Crippen molar-refractivity contribution in [3.8, 4) is 11.6 Å². The van der Waals surface area contributed by atoms with Gasteiger partial charge in [0.05, 0.1) is 19.2 Å². The van der Waals surface area contributed by atoms with E-state index in [0.717, 1.165) is 22.7 Å². The van der Waals surface area contributed by atoms with Crippen LogP contribution in [0.2, 0.25) is 0 Å². The van der Waals surface area contributed by atoms with Crippen LogP contribution in [-0.2, 0) is 11.2 Å². The largest absolute Gasteiger partial charge is 0.497 e. The van der Waals surface area contributed by atoms with Crippen molar-refractivity contribution in [1.82, 2.24) is 25.1 Å². The SMILES string of the molecule is COc1ccc(CC(=O)NCCNc2cc(-n3nc(C)cc3C)nc(C)n2)cc1. The first-order valence-electron chi connectivity index (χ1n) is 9.47. The number of methoxy groups -OCH3 is 1. The average Bonchev–Trinajstić information content (AvgIpc) is 3.03. The predicted molar refractivity (Wildman–Crippen MR) is 112 cm³/mol. The topological polar surface area (TPSA) is 94.0 Å². The van der Waals surface area contributed by atoms with Crippen LogP contribution in [-0.4, -0.2) is 45.9 Å². The van der Waals surface area contributed by atoms with Crippen LogP contribution in [0, 0.1) is 20.8 Å². The molecule has 8 nitrogen and oxygen atoms in total. The first kappa shape index (κ1) is 20.3. The number of rotatable bonds is 8. The van der Waals surface area contributed by atoms with Crippen LogP contribution in [0.25, 0.3) is 5.82 Å². The van der Waals surface area contributed by atoms with Gasteiger partial charge in [0.25, 0.3) is 0 Å². The highest BCUT2D eigenvalue weighted by Crippen LogP contribution is 2.14. The summed E-state index contributed by atoms with van der Waals surface area (Å²) in [5.41, 5.74) is 2.89. The van der Waals surface area contributed by atoms with Gasteiger partial charge in [-0.15, -0.1) is 0 Å². The van der Waals surface area contributed by atoms with Gasteiger partial charge in [-0.1, -0.05) is 12.1 Å². The molecule has 0 saturated heterocycles. The minimum Gasteiger partial charge on any atom is -0.497 e. The van der Waals surface area contributed by atoms with E-state index in [0.29, 0.717) is 37.0 Å². The van der Waals surface area contributed by atoms with Crippen LogP contribution in [0.3, 0.4) is 0 Å². The van der Waals surface area contributed by atoms with Crippen LogP contribution in [0.4, 0.5) is 5.82 Å². The average molecular weight is 394 g/mol. The van der Waals surface area contributed by atoms with E-state index in [2.05, 4.69) is 25.7 Å². The zero-order valence-corrected chi connectivity index (χ0v) is 17.2. The molecule has 0 aliphatic carbocycles. The first-order valence-corrected chi connectivity index (χ1v) is 9.47. The smallest absolute Gasteiger partial charge is 0.224 e. The van der Waals surface area contributed by atoms with E-state index in [1.807, 2.05) is 57.2 Å². The number of carbonyl (C=O) groups is 1. The van der Waals surface area contributed by atoms with Gasteiger partial charge in [0.2, 0.25) is 5.91 Å². The van der Waals surface area contributed by atoms with Crippen LogP contribution in [0.1, 0.15) is 22.8 Å². The molecule has 2 N–H and O–H groups in total. The van der Waals surface area contributed by atoms with Gasteiger partial charge < -0.3 is 15.4 Å². The van der Waals surface area contributed by atoms with E-state index in [-0.39, 0.29) is 5.91 Å². The zero-order chi connectivity index (χ0) is 20.8.